The van der Waals surface area contributed by atoms with Crippen LogP contribution in [0.2, 0.25) is 0 Å². The Morgan fingerprint density at radius 3 is 2.40 bits per heavy atom. The van der Waals surface area contributed by atoms with Gasteiger partial charge >= 0.3 is 5.69 Å². The monoisotopic (exact) mass is 276 g/mol. The molecule has 102 valence electrons. The number of nitrogens with one attached hydrogen (secondary N) is 1. The molecule has 0 unspecified atom stereocenters. The fraction of sp³-hybridized carbons (Fsp3) is 0. The normalized spacial score (nSPS) is 10.1. The number of anilines is 1. The molecular formula is C13H9FN2O4. The summed E-state index contributed by atoms with van der Waals surface area (Å²) in [7, 11) is 0. The van der Waals surface area contributed by atoms with E-state index in [0.717, 1.165) is 18.2 Å². The van der Waals surface area contributed by atoms with Gasteiger partial charge in [-0.3, -0.25) is 14.9 Å². The third-order valence-electron chi connectivity index (χ3n) is 2.53. The Balaban J connectivity index is 2.19. The number of aromatic hydroxyl groups is 1. The third-order valence-corrected chi connectivity index (χ3v) is 2.53. The van der Waals surface area contributed by atoms with Crippen LogP contribution in [0, 0.1) is 15.9 Å². The number of benzene rings is 2. The number of phenolic OH excluding ortho intramolecular Hbond substituents is 1. The number of carbonyl (C=O) groups is 1. The van der Waals surface area contributed by atoms with E-state index in [2.05, 4.69) is 5.32 Å². The Bertz CT molecular complexity index is 671. The van der Waals surface area contributed by atoms with Crippen LogP contribution in [0.3, 0.4) is 0 Å². The average molecular weight is 276 g/mol. The van der Waals surface area contributed by atoms with Crippen LogP contribution in [-0.4, -0.2) is 15.9 Å². The fourth-order valence-electron chi connectivity index (χ4n) is 1.54. The third kappa shape index (κ3) is 2.89. The first-order valence-electron chi connectivity index (χ1n) is 5.51. The molecule has 0 aliphatic rings. The molecule has 7 heteroatoms. The molecule has 0 spiro atoms. The van der Waals surface area contributed by atoms with Crippen LogP contribution >= 0.6 is 0 Å². The SMILES string of the molecule is O=C(Nc1ccc(O)cc1)c1ccc([N+](=O)[O-])c(F)c1. The predicted molar refractivity (Wildman–Crippen MR) is 69.1 cm³/mol. The molecule has 2 N–H and O–H groups in total. The highest BCUT2D eigenvalue weighted by atomic mass is 19.1. The summed E-state index contributed by atoms with van der Waals surface area (Å²) in [5.74, 6) is -1.64. The molecule has 0 saturated carbocycles. The lowest BCUT2D eigenvalue weighted by molar-refractivity contribution is -0.387. The molecule has 0 aliphatic carbocycles. The number of nitro groups is 1. The van der Waals surface area contributed by atoms with Gasteiger partial charge in [-0.25, -0.2) is 0 Å². The van der Waals surface area contributed by atoms with Gasteiger partial charge < -0.3 is 10.4 Å². The summed E-state index contributed by atoms with van der Waals surface area (Å²) in [6.45, 7) is 0. The van der Waals surface area contributed by atoms with Crippen LogP contribution in [0.25, 0.3) is 0 Å². The van der Waals surface area contributed by atoms with Crippen molar-refractivity contribution in [2.45, 2.75) is 0 Å². The summed E-state index contributed by atoms with van der Waals surface area (Å²) in [5, 5.41) is 22.0. The maximum atomic E-state index is 13.4. The average Bonchev–Trinajstić information content (AvgIpc) is 2.40. The lowest BCUT2D eigenvalue weighted by Gasteiger charge is -2.05. The van der Waals surface area contributed by atoms with Gasteiger partial charge in [-0.2, -0.15) is 4.39 Å². The summed E-state index contributed by atoms with van der Waals surface area (Å²) >= 11 is 0. The van der Waals surface area contributed by atoms with Crippen LogP contribution in [0.4, 0.5) is 15.8 Å². The molecule has 0 saturated heterocycles. The van der Waals surface area contributed by atoms with Crippen LogP contribution < -0.4 is 5.32 Å². The molecule has 6 nitrogen and oxygen atoms in total. The van der Waals surface area contributed by atoms with Crippen molar-refractivity contribution in [3.05, 3.63) is 64.0 Å². The number of amides is 1. The fourth-order valence-corrected chi connectivity index (χ4v) is 1.54. The first-order valence-corrected chi connectivity index (χ1v) is 5.51. The van der Waals surface area contributed by atoms with Crippen molar-refractivity contribution in [3.63, 3.8) is 0 Å². The minimum Gasteiger partial charge on any atom is -0.508 e. The molecule has 2 rings (SSSR count). The molecule has 0 fully saturated rings. The summed E-state index contributed by atoms with van der Waals surface area (Å²) in [6.07, 6.45) is 0. The first-order chi connectivity index (χ1) is 9.47. The highest BCUT2D eigenvalue weighted by molar-refractivity contribution is 6.04. The molecule has 0 aliphatic heterocycles. The Hall–Kier alpha value is -2.96. The Labute approximate surface area is 112 Å². The summed E-state index contributed by atoms with van der Waals surface area (Å²) < 4.78 is 13.4. The van der Waals surface area contributed by atoms with Crippen molar-refractivity contribution in [1.29, 1.82) is 0 Å². The van der Waals surface area contributed by atoms with Gasteiger partial charge in [0.15, 0.2) is 0 Å². The van der Waals surface area contributed by atoms with E-state index in [1.54, 1.807) is 0 Å². The Morgan fingerprint density at radius 1 is 1.20 bits per heavy atom. The maximum absolute atomic E-state index is 13.4. The van der Waals surface area contributed by atoms with Gasteiger partial charge in [-0.15, -0.1) is 0 Å². The van der Waals surface area contributed by atoms with E-state index in [-0.39, 0.29) is 11.3 Å². The van der Waals surface area contributed by atoms with E-state index in [4.69, 9.17) is 5.11 Å². The van der Waals surface area contributed by atoms with Crippen LogP contribution in [-0.2, 0) is 0 Å². The molecule has 1 amide bonds. The maximum Gasteiger partial charge on any atom is 0.304 e. The van der Waals surface area contributed by atoms with Crippen molar-refractivity contribution in [2.24, 2.45) is 0 Å². The van der Waals surface area contributed by atoms with Gasteiger partial charge in [0, 0.05) is 17.3 Å². The second kappa shape index (κ2) is 5.35. The number of nitrogens with zero attached hydrogens (tertiary/aromatic N) is 1. The number of hydrogen-bond acceptors (Lipinski definition) is 4. The molecule has 0 aromatic heterocycles. The number of phenols is 1. The van der Waals surface area contributed by atoms with Crippen LogP contribution in [0.5, 0.6) is 5.75 Å². The number of halogens is 1. The first kappa shape index (κ1) is 13.5. The number of carbonyl (C=O) groups excluding carboxylic acids is 1. The van der Waals surface area contributed by atoms with E-state index < -0.39 is 22.3 Å². The largest absolute Gasteiger partial charge is 0.508 e. The predicted octanol–water partition coefficient (Wildman–Crippen LogP) is 2.69. The Morgan fingerprint density at radius 2 is 1.85 bits per heavy atom. The highest BCUT2D eigenvalue weighted by Gasteiger charge is 2.16. The molecule has 20 heavy (non-hydrogen) atoms. The molecule has 0 atom stereocenters. The van der Waals surface area contributed by atoms with Gasteiger partial charge in [0.25, 0.3) is 5.91 Å². The van der Waals surface area contributed by atoms with Gasteiger partial charge in [-0.05, 0) is 36.4 Å². The van der Waals surface area contributed by atoms with E-state index in [1.165, 1.54) is 24.3 Å². The van der Waals surface area contributed by atoms with Crippen molar-refractivity contribution in [3.8, 4) is 5.75 Å². The van der Waals surface area contributed by atoms with Crippen molar-refractivity contribution in [1.82, 2.24) is 0 Å². The zero-order valence-corrected chi connectivity index (χ0v) is 10.0. The standard InChI is InChI=1S/C13H9FN2O4/c14-11-7-8(1-6-12(11)16(19)20)13(18)15-9-2-4-10(17)5-3-9/h1-7,17H,(H,15,18). The second-order valence-corrected chi connectivity index (χ2v) is 3.92. The zero-order valence-electron chi connectivity index (χ0n) is 10.0. The lowest BCUT2D eigenvalue weighted by atomic mass is 10.2. The summed E-state index contributed by atoms with van der Waals surface area (Å²) in [6, 6.07) is 8.59. The summed E-state index contributed by atoms with van der Waals surface area (Å²) in [4.78, 5) is 21.4. The van der Waals surface area contributed by atoms with Gasteiger partial charge in [0.05, 0.1) is 4.92 Å². The minimum absolute atomic E-state index is 0.0406. The van der Waals surface area contributed by atoms with Crippen molar-refractivity contribution in [2.75, 3.05) is 5.32 Å². The number of rotatable bonds is 3. The smallest absolute Gasteiger partial charge is 0.304 e. The molecule has 0 heterocycles. The van der Waals surface area contributed by atoms with Gasteiger partial charge in [0.1, 0.15) is 5.75 Å². The topological polar surface area (TPSA) is 92.5 Å². The molecule has 0 radical (unpaired) electrons. The Kier molecular flexibility index (Phi) is 3.60. The van der Waals surface area contributed by atoms with E-state index in [9.17, 15) is 19.3 Å². The lowest BCUT2D eigenvalue weighted by Crippen LogP contribution is -2.12. The van der Waals surface area contributed by atoms with E-state index in [1.807, 2.05) is 0 Å². The van der Waals surface area contributed by atoms with Crippen molar-refractivity contribution < 1.29 is 19.2 Å². The van der Waals surface area contributed by atoms with Crippen LogP contribution in [0.15, 0.2) is 42.5 Å². The molecular weight excluding hydrogens is 267 g/mol. The molecule has 0 bridgehead atoms. The van der Waals surface area contributed by atoms with E-state index in [0.29, 0.717) is 5.69 Å². The summed E-state index contributed by atoms with van der Waals surface area (Å²) in [5.41, 5.74) is -0.320. The number of hydrogen-bond donors (Lipinski definition) is 2. The quantitative estimate of drug-likeness (QED) is 0.512. The van der Waals surface area contributed by atoms with Crippen LogP contribution in [0.1, 0.15) is 10.4 Å². The zero-order chi connectivity index (χ0) is 14.7. The number of nitro benzene ring substituents is 1. The minimum atomic E-state index is -1.08. The second-order valence-electron chi connectivity index (χ2n) is 3.92. The van der Waals surface area contributed by atoms with Gasteiger partial charge in [0.2, 0.25) is 5.82 Å². The molecule has 2 aromatic rings. The molecule has 2 aromatic carbocycles. The highest BCUT2D eigenvalue weighted by Crippen LogP contribution is 2.19. The van der Waals surface area contributed by atoms with Crippen molar-refractivity contribution >= 4 is 17.3 Å². The van der Waals surface area contributed by atoms with E-state index >= 15 is 0 Å². The van der Waals surface area contributed by atoms with Gasteiger partial charge in [-0.1, -0.05) is 0 Å².